The second-order valence-corrected chi connectivity index (χ2v) is 5.00. The number of rotatable bonds is 7. The summed E-state index contributed by atoms with van der Waals surface area (Å²) in [5.41, 5.74) is 1.06. The number of ether oxygens (including phenoxy) is 2. The third-order valence-corrected chi connectivity index (χ3v) is 3.07. The lowest BCUT2D eigenvalue weighted by Crippen LogP contribution is -2.16. The van der Waals surface area contributed by atoms with E-state index in [1.807, 2.05) is 32.1 Å². The highest BCUT2D eigenvalue weighted by Crippen LogP contribution is 2.36. The van der Waals surface area contributed by atoms with Gasteiger partial charge in [0.15, 0.2) is 11.5 Å². The molecular formula is C14H20BrNO2. The van der Waals surface area contributed by atoms with Gasteiger partial charge >= 0.3 is 0 Å². The fourth-order valence-corrected chi connectivity index (χ4v) is 2.02. The average Bonchev–Trinajstić information content (AvgIpc) is 2.32. The SMILES string of the molecule is C=CCNCc1c(Br)ccc(OC)c1OC(C)C. The molecule has 1 aromatic rings. The Morgan fingerprint density at radius 2 is 2.17 bits per heavy atom. The van der Waals surface area contributed by atoms with Crippen molar-refractivity contribution in [2.75, 3.05) is 13.7 Å². The Labute approximate surface area is 117 Å². The number of hydrogen-bond acceptors (Lipinski definition) is 3. The number of methoxy groups -OCH3 is 1. The first-order chi connectivity index (χ1) is 8.60. The van der Waals surface area contributed by atoms with Crippen molar-refractivity contribution >= 4 is 15.9 Å². The predicted molar refractivity (Wildman–Crippen MR) is 78.4 cm³/mol. The fraction of sp³-hybridized carbons (Fsp3) is 0.429. The molecule has 1 rings (SSSR count). The quantitative estimate of drug-likeness (QED) is 0.617. The van der Waals surface area contributed by atoms with E-state index < -0.39 is 0 Å². The summed E-state index contributed by atoms with van der Waals surface area (Å²) in [5, 5.41) is 3.27. The summed E-state index contributed by atoms with van der Waals surface area (Å²) in [6, 6.07) is 3.87. The molecule has 0 radical (unpaired) electrons. The molecule has 0 fully saturated rings. The van der Waals surface area contributed by atoms with Crippen molar-refractivity contribution < 1.29 is 9.47 Å². The summed E-state index contributed by atoms with van der Waals surface area (Å²) >= 11 is 3.55. The van der Waals surface area contributed by atoms with Crippen molar-refractivity contribution in [1.29, 1.82) is 0 Å². The van der Waals surface area contributed by atoms with E-state index in [9.17, 15) is 0 Å². The normalized spacial score (nSPS) is 10.5. The van der Waals surface area contributed by atoms with Gasteiger partial charge in [-0.2, -0.15) is 0 Å². The lowest BCUT2D eigenvalue weighted by molar-refractivity contribution is 0.227. The molecule has 0 amide bonds. The smallest absolute Gasteiger partial charge is 0.167 e. The third kappa shape index (κ3) is 4.03. The molecule has 18 heavy (non-hydrogen) atoms. The van der Waals surface area contributed by atoms with E-state index in [0.717, 1.165) is 28.1 Å². The van der Waals surface area contributed by atoms with Crippen LogP contribution in [0.15, 0.2) is 29.3 Å². The van der Waals surface area contributed by atoms with Gasteiger partial charge in [0.05, 0.1) is 13.2 Å². The number of nitrogens with one attached hydrogen (secondary N) is 1. The third-order valence-electron chi connectivity index (χ3n) is 2.33. The molecule has 0 saturated carbocycles. The Balaban J connectivity index is 3.05. The molecule has 0 saturated heterocycles. The van der Waals surface area contributed by atoms with Crippen molar-refractivity contribution in [2.45, 2.75) is 26.5 Å². The molecule has 0 aliphatic rings. The second kappa shape index (κ2) is 7.44. The Kier molecular flexibility index (Phi) is 6.22. The van der Waals surface area contributed by atoms with Gasteiger partial charge in [-0.1, -0.05) is 22.0 Å². The minimum atomic E-state index is 0.103. The molecule has 0 aromatic heterocycles. The van der Waals surface area contributed by atoms with Crippen LogP contribution >= 0.6 is 15.9 Å². The van der Waals surface area contributed by atoms with E-state index in [2.05, 4.69) is 27.8 Å². The average molecular weight is 314 g/mol. The summed E-state index contributed by atoms with van der Waals surface area (Å²) < 4.78 is 12.2. The first kappa shape index (κ1) is 15.1. The van der Waals surface area contributed by atoms with Gasteiger partial charge in [0.2, 0.25) is 0 Å². The van der Waals surface area contributed by atoms with Gasteiger partial charge in [0.25, 0.3) is 0 Å². The van der Waals surface area contributed by atoms with Crippen molar-refractivity contribution in [2.24, 2.45) is 0 Å². The first-order valence-electron chi connectivity index (χ1n) is 5.93. The number of benzene rings is 1. The molecule has 1 aromatic carbocycles. The minimum absolute atomic E-state index is 0.103. The van der Waals surface area contributed by atoms with E-state index in [0.29, 0.717) is 6.54 Å². The molecule has 0 unspecified atom stereocenters. The van der Waals surface area contributed by atoms with Crippen LogP contribution in [0.2, 0.25) is 0 Å². The van der Waals surface area contributed by atoms with Crippen LogP contribution in [0.1, 0.15) is 19.4 Å². The van der Waals surface area contributed by atoms with E-state index >= 15 is 0 Å². The number of hydrogen-bond donors (Lipinski definition) is 1. The highest BCUT2D eigenvalue weighted by molar-refractivity contribution is 9.10. The lowest BCUT2D eigenvalue weighted by atomic mass is 10.1. The van der Waals surface area contributed by atoms with Crippen LogP contribution in [0.4, 0.5) is 0 Å². The summed E-state index contributed by atoms with van der Waals surface area (Å²) in [6.07, 6.45) is 1.93. The van der Waals surface area contributed by atoms with Gasteiger partial charge in [-0.15, -0.1) is 6.58 Å². The Morgan fingerprint density at radius 1 is 1.44 bits per heavy atom. The molecule has 0 bridgehead atoms. The Bertz CT molecular complexity index is 405. The standard InChI is InChI=1S/C14H20BrNO2/c1-5-8-16-9-11-12(15)6-7-13(17-4)14(11)18-10(2)3/h5-7,10,16H,1,8-9H2,2-4H3. The van der Waals surface area contributed by atoms with Crippen molar-refractivity contribution in [3.05, 3.63) is 34.8 Å². The van der Waals surface area contributed by atoms with E-state index in [4.69, 9.17) is 9.47 Å². The molecule has 1 N–H and O–H groups in total. The van der Waals surface area contributed by atoms with Gasteiger partial charge in [-0.25, -0.2) is 0 Å². The molecule has 3 nitrogen and oxygen atoms in total. The van der Waals surface area contributed by atoms with Crippen LogP contribution in [-0.2, 0) is 6.54 Å². The fourth-order valence-electron chi connectivity index (χ4n) is 1.57. The summed E-state index contributed by atoms with van der Waals surface area (Å²) in [6.45, 7) is 9.15. The monoisotopic (exact) mass is 313 g/mol. The Hall–Kier alpha value is -1.00. The number of halogens is 1. The van der Waals surface area contributed by atoms with Crippen LogP contribution < -0.4 is 14.8 Å². The molecule has 0 atom stereocenters. The van der Waals surface area contributed by atoms with Crippen LogP contribution in [0.25, 0.3) is 0 Å². The van der Waals surface area contributed by atoms with Gasteiger partial charge in [0.1, 0.15) is 0 Å². The minimum Gasteiger partial charge on any atom is -0.493 e. The zero-order valence-corrected chi connectivity index (χ0v) is 12.7. The highest BCUT2D eigenvalue weighted by Gasteiger charge is 2.15. The largest absolute Gasteiger partial charge is 0.493 e. The lowest BCUT2D eigenvalue weighted by Gasteiger charge is -2.18. The van der Waals surface area contributed by atoms with Gasteiger partial charge in [-0.3, -0.25) is 0 Å². The molecule has 0 heterocycles. The molecule has 100 valence electrons. The van der Waals surface area contributed by atoms with Crippen LogP contribution in [-0.4, -0.2) is 19.8 Å². The van der Waals surface area contributed by atoms with Crippen LogP contribution in [0.5, 0.6) is 11.5 Å². The Morgan fingerprint density at radius 3 is 2.72 bits per heavy atom. The molecule has 4 heteroatoms. The maximum Gasteiger partial charge on any atom is 0.167 e. The van der Waals surface area contributed by atoms with Crippen LogP contribution in [0, 0.1) is 0 Å². The van der Waals surface area contributed by atoms with Crippen molar-refractivity contribution in [1.82, 2.24) is 5.32 Å². The van der Waals surface area contributed by atoms with Gasteiger partial charge in [-0.05, 0) is 26.0 Å². The van der Waals surface area contributed by atoms with Gasteiger partial charge < -0.3 is 14.8 Å². The van der Waals surface area contributed by atoms with E-state index in [1.165, 1.54) is 0 Å². The van der Waals surface area contributed by atoms with Crippen LogP contribution in [0.3, 0.4) is 0 Å². The zero-order valence-electron chi connectivity index (χ0n) is 11.1. The van der Waals surface area contributed by atoms with Crippen molar-refractivity contribution in [3.8, 4) is 11.5 Å². The summed E-state index contributed by atoms with van der Waals surface area (Å²) in [7, 11) is 1.65. The summed E-state index contributed by atoms with van der Waals surface area (Å²) in [5.74, 6) is 1.54. The molecular weight excluding hydrogens is 294 g/mol. The maximum absolute atomic E-state index is 5.86. The molecule has 0 aliphatic heterocycles. The highest BCUT2D eigenvalue weighted by atomic mass is 79.9. The maximum atomic E-state index is 5.86. The molecule has 0 aliphatic carbocycles. The summed E-state index contributed by atoms with van der Waals surface area (Å²) in [4.78, 5) is 0. The topological polar surface area (TPSA) is 30.5 Å². The second-order valence-electron chi connectivity index (χ2n) is 4.14. The van der Waals surface area contributed by atoms with Crippen molar-refractivity contribution in [3.63, 3.8) is 0 Å². The van der Waals surface area contributed by atoms with Gasteiger partial charge in [0, 0.05) is 23.1 Å². The predicted octanol–water partition coefficient (Wildman–Crippen LogP) is 3.52. The molecule has 0 spiro atoms. The van der Waals surface area contributed by atoms with E-state index in [1.54, 1.807) is 7.11 Å². The van der Waals surface area contributed by atoms with E-state index in [-0.39, 0.29) is 6.10 Å². The first-order valence-corrected chi connectivity index (χ1v) is 6.73. The zero-order chi connectivity index (χ0) is 13.5.